The number of amides is 1. The van der Waals surface area contributed by atoms with Gasteiger partial charge in [-0.05, 0) is 77.8 Å². The molecule has 0 unspecified atom stereocenters. The van der Waals surface area contributed by atoms with E-state index in [9.17, 15) is 4.79 Å². The summed E-state index contributed by atoms with van der Waals surface area (Å²) in [7, 11) is 0. The van der Waals surface area contributed by atoms with Crippen LogP contribution in [0.25, 0.3) is 0 Å². The molecular weight excluding hydrogens is 347 g/mol. The Labute approximate surface area is 118 Å². The molecule has 1 heterocycles. The molecule has 0 aliphatic rings. The van der Waals surface area contributed by atoms with Gasteiger partial charge in [0.1, 0.15) is 5.69 Å². The van der Waals surface area contributed by atoms with Crippen molar-refractivity contribution in [2.75, 3.05) is 5.32 Å². The van der Waals surface area contributed by atoms with Crippen LogP contribution in [0.15, 0.2) is 24.3 Å². The van der Waals surface area contributed by atoms with Crippen molar-refractivity contribution in [2.24, 2.45) is 0 Å². The third kappa shape index (κ3) is 3.04. The van der Waals surface area contributed by atoms with E-state index in [2.05, 4.69) is 32.3 Å². The number of carbonyl (C=O) groups is 1. The maximum absolute atomic E-state index is 11.9. The number of halogens is 1. The van der Waals surface area contributed by atoms with Crippen LogP contribution in [0, 0.1) is 17.4 Å². The van der Waals surface area contributed by atoms with Gasteiger partial charge in [0.25, 0.3) is 5.91 Å². The molecule has 0 aliphatic heterocycles. The van der Waals surface area contributed by atoms with Gasteiger partial charge < -0.3 is 5.32 Å². The molecule has 0 saturated carbocycles. The van der Waals surface area contributed by atoms with Crippen LogP contribution in [0.3, 0.4) is 0 Å². The standard InChI is InChI=1S/C12H11IN2OS/c1-7-5-9(13)3-4-10(7)14-12(16)11-6-8(2)17-15-11/h3-6H,1-2H3,(H,14,16). The zero-order valence-electron chi connectivity index (χ0n) is 9.45. The van der Waals surface area contributed by atoms with E-state index in [0.29, 0.717) is 5.69 Å². The topological polar surface area (TPSA) is 42.0 Å². The molecule has 1 aromatic carbocycles. The number of hydrogen-bond acceptors (Lipinski definition) is 3. The van der Waals surface area contributed by atoms with Crippen molar-refractivity contribution in [2.45, 2.75) is 13.8 Å². The Bertz CT molecular complexity index is 565. The van der Waals surface area contributed by atoms with Gasteiger partial charge >= 0.3 is 0 Å². The van der Waals surface area contributed by atoms with Crippen molar-refractivity contribution < 1.29 is 4.79 Å². The van der Waals surface area contributed by atoms with Crippen molar-refractivity contribution in [3.63, 3.8) is 0 Å². The molecule has 3 nitrogen and oxygen atoms in total. The van der Waals surface area contributed by atoms with E-state index in [1.807, 2.05) is 32.0 Å². The van der Waals surface area contributed by atoms with E-state index >= 15 is 0 Å². The van der Waals surface area contributed by atoms with Crippen LogP contribution in [-0.2, 0) is 0 Å². The fraction of sp³-hybridized carbons (Fsp3) is 0.167. The van der Waals surface area contributed by atoms with Crippen molar-refractivity contribution >= 4 is 45.7 Å². The molecule has 1 amide bonds. The number of nitrogens with one attached hydrogen (secondary N) is 1. The first kappa shape index (κ1) is 12.5. The highest BCUT2D eigenvalue weighted by atomic mass is 127. The number of benzene rings is 1. The molecule has 2 aromatic rings. The summed E-state index contributed by atoms with van der Waals surface area (Å²) in [6.07, 6.45) is 0. The quantitative estimate of drug-likeness (QED) is 0.834. The number of nitrogens with zero attached hydrogens (tertiary/aromatic N) is 1. The summed E-state index contributed by atoms with van der Waals surface area (Å²) < 4.78 is 5.24. The number of anilines is 1. The van der Waals surface area contributed by atoms with Crippen LogP contribution in [0.4, 0.5) is 5.69 Å². The lowest BCUT2D eigenvalue weighted by Crippen LogP contribution is -2.12. The lowest BCUT2D eigenvalue weighted by Gasteiger charge is -2.07. The van der Waals surface area contributed by atoms with Gasteiger partial charge in [0.15, 0.2) is 0 Å². The van der Waals surface area contributed by atoms with Crippen LogP contribution < -0.4 is 5.32 Å². The Morgan fingerprint density at radius 1 is 1.35 bits per heavy atom. The number of aromatic nitrogens is 1. The van der Waals surface area contributed by atoms with Crippen molar-refractivity contribution in [1.82, 2.24) is 4.37 Å². The largest absolute Gasteiger partial charge is 0.320 e. The summed E-state index contributed by atoms with van der Waals surface area (Å²) in [5.41, 5.74) is 2.36. The molecule has 0 radical (unpaired) electrons. The van der Waals surface area contributed by atoms with E-state index in [-0.39, 0.29) is 5.91 Å². The Kier molecular flexibility index (Phi) is 3.78. The molecule has 0 aliphatic carbocycles. The predicted molar refractivity (Wildman–Crippen MR) is 78.7 cm³/mol. The normalized spacial score (nSPS) is 10.3. The first-order valence-corrected chi connectivity index (χ1v) is 6.92. The maximum atomic E-state index is 11.9. The molecule has 0 spiro atoms. The molecule has 2 rings (SSSR count). The fourth-order valence-corrected chi connectivity index (χ4v) is 2.62. The van der Waals surface area contributed by atoms with E-state index < -0.39 is 0 Å². The van der Waals surface area contributed by atoms with Crippen LogP contribution >= 0.6 is 34.1 Å². The van der Waals surface area contributed by atoms with Gasteiger partial charge in [-0.3, -0.25) is 4.79 Å². The lowest BCUT2D eigenvalue weighted by atomic mass is 10.2. The third-order valence-corrected chi connectivity index (χ3v) is 3.66. The summed E-state index contributed by atoms with van der Waals surface area (Å²) >= 11 is 3.59. The van der Waals surface area contributed by atoms with Gasteiger partial charge in [0.2, 0.25) is 0 Å². The highest BCUT2D eigenvalue weighted by molar-refractivity contribution is 14.1. The number of aryl methyl sites for hydroxylation is 2. The van der Waals surface area contributed by atoms with Crippen LogP contribution in [-0.4, -0.2) is 10.3 Å². The molecule has 0 saturated heterocycles. The van der Waals surface area contributed by atoms with E-state index in [1.54, 1.807) is 6.07 Å². The lowest BCUT2D eigenvalue weighted by molar-refractivity contribution is 0.102. The summed E-state index contributed by atoms with van der Waals surface area (Å²) in [5, 5.41) is 2.87. The van der Waals surface area contributed by atoms with Gasteiger partial charge in [-0.1, -0.05) is 0 Å². The van der Waals surface area contributed by atoms with Crippen LogP contribution in [0.2, 0.25) is 0 Å². The average molecular weight is 358 g/mol. The summed E-state index contributed by atoms with van der Waals surface area (Å²) in [6, 6.07) is 7.70. The highest BCUT2D eigenvalue weighted by Gasteiger charge is 2.10. The minimum absolute atomic E-state index is 0.154. The Balaban J connectivity index is 2.18. The zero-order chi connectivity index (χ0) is 12.4. The molecule has 1 N–H and O–H groups in total. The average Bonchev–Trinajstić information content (AvgIpc) is 2.69. The molecular formula is C12H11IN2OS. The number of rotatable bonds is 2. The first-order valence-electron chi connectivity index (χ1n) is 5.07. The summed E-state index contributed by atoms with van der Waals surface area (Å²) in [5.74, 6) is -0.154. The van der Waals surface area contributed by atoms with Crippen molar-refractivity contribution in [3.05, 3.63) is 44.0 Å². The van der Waals surface area contributed by atoms with Gasteiger partial charge in [-0.25, -0.2) is 0 Å². The Hall–Kier alpha value is -0.950. The Morgan fingerprint density at radius 3 is 2.71 bits per heavy atom. The van der Waals surface area contributed by atoms with Gasteiger partial charge in [0.05, 0.1) is 0 Å². The molecule has 0 fully saturated rings. The maximum Gasteiger partial charge on any atom is 0.275 e. The third-order valence-electron chi connectivity index (χ3n) is 2.30. The van der Waals surface area contributed by atoms with E-state index in [4.69, 9.17) is 0 Å². The van der Waals surface area contributed by atoms with E-state index in [1.165, 1.54) is 11.5 Å². The molecule has 1 aromatic heterocycles. The molecule has 17 heavy (non-hydrogen) atoms. The van der Waals surface area contributed by atoms with Crippen molar-refractivity contribution in [3.8, 4) is 0 Å². The second-order valence-corrected chi connectivity index (χ2v) is 5.99. The highest BCUT2D eigenvalue weighted by Crippen LogP contribution is 2.19. The van der Waals surface area contributed by atoms with Crippen LogP contribution in [0.1, 0.15) is 20.9 Å². The van der Waals surface area contributed by atoms with Gasteiger partial charge in [-0.2, -0.15) is 4.37 Å². The molecule has 88 valence electrons. The minimum Gasteiger partial charge on any atom is -0.320 e. The second kappa shape index (κ2) is 5.14. The minimum atomic E-state index is -0.154. The SMILES string of the molecule is Cc1cc(C(=O)Nc2ccc(I)cc2C)ns1. The monoisotopic (exact) mass is 358 g/mol. The van der Waals surface area contributed by atoms with Crippen molar-refractivity contribution in [1.29, 1.82) is 0 Å². The van der Waals surface area contributed by atoms with Crippen LogP contribution in [0.5, 0.6) is 0 Å². The summed E-state index contributed by atoms with van der Waals surface area (Å²) in [6.45, 7) is 3.91. The van der Waals surface area contributed by atoms with Gasteiger partial charge in [-0.15, -0.1) is 0 Å². The number of carbonyl (C=O) groups excluding carboxylic acids is 1. The summed E-state index contributed by atoms with van der Waals surface area (Å²) in [4.78, 5) is 12.9. The smallest absolute Gasteiger partial charge is 0.275 e. The molecule has 0 atom stereocenters. The van der Waals surface area contributed by atoms with E-state index in [0.717, 1.165) is 19.7 Å². The molecule has 0 bridgehead atoms. The predicted octanol–water partition coefficient (Wildman–Crippen LogP) is 3.62. The molecule has 5 heteroatoms. The second-order valence-electron chi connectivity index (χ2n) is 3.74. The number of hydrogen-bond donors (Lipinski definition) is 1. The fourth-order valence-electron chi connectivity index (χ4n) is 1.43. The first-order chi connectivity index (χ1) is 8.06. The van der Waals surface area contributed by atoms with Gasteiger partial charge in [0, 0.05) is 14.1 Å². The Morgan fingerprint density at radius 2 is 2.12 bits per heavy atom. The zero-order valence-corrected chi connectivity index (χ0v) is 12.4.